The monoisotopic (exact) mass is 300 g/mol. The third-order valence-corrected chi connectivity index (χ3v) is 4.15. The molecule has 114 valence electrons. The minimum atomic E-state index is -1.02. The van der Waals surface area contributed by atoms with Crippen molar-refractivity contribution in [1.82, 2.24) is 0 Å². The summed E-state index contributed by atoms with van der Waals surface area (Å²) >= 11 is 5.79. The number of hydrogen-bond acceptors (Lipinski definition) is 3. The van der Waals surface area contributed by atoms with Gasteiger partial charge in [-0.2, -0.15) is 0 Å². The zero-order valence-electron chi connectivity index (χ0n) is 13.0. The third kappa shape index (κ3) is 4.37. The highest BCUT2D eigenvalue weighted by Gasteiger charge is 2.46. The van der Waals surface area contributed by atoms with E-state index >= 15 is 0 Å². The summed E-state index contributed by atoms with van der Waals surface area (Å²) in [5.74, 6) is 0.432. The van der Waals surface area contributed by atoms with E-state index in [-0.39, 0.29) is 23.4 Å². The Hall–Kier alpha value is -0.760. The molecule has 1 N–H and O–H groups in total. The Morgan fingerprint density at radius 3 is 2.60 bits per heavy atom. The number of rotatable bonds is 3. The van der Waals surface area contributed by atoms with E-state index in [0.717, 1.165) is 5.57 Å². The van der Waals surface area contributed by atoms with Gasteiger partial charge < -0.3 is 9.84 Å². The quantitative estimate of drug-likeness (QED) is 0.493. The molecule has 1 aliphatic carbocycles. The van der Waals surface area contributed by atoms with Gasteiger partial charge in [0, 0.05) is 24.8 Å². The van der Waals surface area contributed by atoms with E-state index in [2.05, 4.69) is 5.73 Å². The summed E-state index contributed by atoms with van der Waals surface area (Å²) in [6.45, 7) is 9.24. The molecule has 0 heterocycles. The summed E-state index contributed by atoms with van der Waals surface area (Å²) in [6, 6.07) is 0. The molecule has 0 aliphatic heterocycles. The molecule has 0 radical (unpaired) electrons. The molecule has 1 aliphatic rings. The second-order valence-corrected chi connectivity index (χ2v) is 6.92. The van der Waals surface area contributed by atoms with Crippen molar-refractivity contribution in [1.29, 1.82) is 0 Å². The van der Waals surface area contributed by atoms with Crippen LogP contribution < -0.4 is 0 Å². The van der Waals surface area contributed by atoms with Crippen molar-refractivity contribution in [3.05, 3.63) is 17.4 Å². The maximum atomic E-state index is 11.1. The minimum absolute atomic E-state index is 0.210. The second kappa shape index (κ2) is 6.34. The first-order chi connectivity index (χ1) is 9.08. The van der Waals surface area contributed by atoms with Crippen molar-refractivity contribution in [3.8, 4) is 0 Å². The Balaban J connectivity index is 3.09. The molecule has 4 heteroatoms. The zero-order valence-corrected chi connectivity index (χ0v) is 13.8. The highest BCUT2D eigenvalue weighted by molar-refractivity contribution is 6.18. The van der Waals surface area contributed by atoms with Gasteiger partial charge in [-0.15, -0.1) is 17.3 Å². The highest BCUT2D eigenvalue weighted by atomic mass is 35.5. The van der Waals surface area contributed by atoms with Crippen LogP contribution in [0.15, 0.2) is 17.4 Å². The van der Waals surface area contributed by atoms with Crippen LogP contribution in [0.25, 0.3) is 0 Å². The maximum Gasteiger partial charge on any atom is 0.302 e. The minimum Gasteiger partial charge on any atom is -0.462 e. The smallest absolute Gasteiger partial charge is 0.302 e. The number of carbonyl (C=O) groups is 1. The number of aliphatic hydroxyl groups is 1. The van der Waals surface area contributed by atoms with Crippen LogP contribution in [0.2, 0.25) is 0 Å². The summed E-state index contributed by atoms with van der Waals surface area (Å²) in [4.78, 5) is 11.1. The Labute approximate surface area is 126 Å². The van der Waals surface area contributed by atoms with E-state index in [1.54, 1.807) is 6.92 Å². The van der Waals surface area contributed by atoms with Gasteiger partial charge in [0.1, 0.15) is 6.10 Å². The van der Waals surface area contributed by atoms with E-state index in [0.29, 0.717) is 18.7 Å². The molecule has 1 rings (SSSR count). The van der Waals surface area contributed by atoms with Gasteiger partial charge in [0.05, 0.1) is 5.60 Å². The van der Waals surface area contributed by atoms with Crippen molar-refractivity contribution in [2.75, 3.05) is 5.88 Å². The lowest BCUT2D eigenvalue weighted by atomic mass is 9.65. The predicted octanol–water partition coefficient (Wildman–Crippen LogP) is 3.45. The van der Waals surface area contributed by atoms with Crippen molar-refractivity contribution < 1.29 is 14.6 Å². The molecule has 1 fully saturated rings. The first kappa shape index (κ1) is 17.3. The van der Waals surface area contributed by atoms with E-state index in [4.69, 9.17) is 16.3 Å². The highest BCUT2D eigenvalue weighted by Crippen LogP contribution is 2.46. The Morgan fingerprint density at radius 1 is 1.55 bits per heavy atom. The van der Waals surface area contributed by atoms with Crippen LogP contribution in [-0.4, -0.2) is 28.7 Å². The molecule has 0 aromatic carbocycles. The van der Waals surface area contributed by atoms with Crippen LogP contribution in [0, 0.1) is 11.3 Å². The van der Waals surface area contributed by atoms with E-state index in [9.17, 15) is 9.90 Å². The molecular formula is C16H25ClO3. The predicted molar refractivity (Wildman–Crippen MR) is 80.7 cm³/mol. The van der Waals surface area contributed by atoms with E-state index < -0.39 is 5.60 Å². The summed E-state index contributed by atoms with van der Waals surface area (Å²) in [5, 5.41) is 10.7. The van der Waals surface area contributed by atoms with E-state index in [1.807, 2.05) is 26.8 Å². The van der Waals surface area contributed by atoms with Crippen LogP contribution in [0.1, 0.15) is 47.5 Å². The molecule has 0 aromatic heterocycles. The number of esters is 1. The number of alkyl halides is 1. The standard InChI is InChI=1S/C16H25ClO3/c1-11(10-17)6-7-14-15(3,4)8-13(20-12(2)18)9-16(14,5)19/h6,11,13,19H,8-10H2,1-5H3/t7?,11?,13-,16+/m0/s1. The van der Waals surface area contributed by atoms with Crippen LogP contribution in [0.3, 0.4) is 0 Å². The first-order valence-corrected chi connectivity index (χ1v) is 7.55. The molecule has 20 heavy (non-hydrogen) atoms. The SMILES string of the molecule is CC(=O)O[C@H]1CC(C)(C)C(=C=CC(C)CCl)[C@](C)(O)C1. The molecule has 0 amide bonds. The van der Waals surface area contributed by atoms with Crippen molar-refractivity contribution >= 4 is 17.6 Å². The van der Waals surface area contributed by atoms with Crippen molar-refractivity contribution in [2.24, 2.45) is 11.3 Å². The second-order valence-electron chi connectivity index (χ2n) is 6.62. The zero-order chi connectivity index (χ0) is 15.6. The summed E-state index contributed by atoms with van der Waals surface area (Å²) in [7, 11) is 0. The first-order valence-electron chi connectivity index (χ1n) is 7.02. The normalized spacial score (nSPS) is 30.4. The summed E-state index contributed by atoms with van der Waals surface area (Å²) in [5.41, 5.74) is 2.80. The molecule has 1 unspecified atom stereocenters. The molecule has 0 spiro atoms. The van der Waals surface area contributed by atoms with Crippen LogP contribution in [0.4, 0.5) is 0 Å². The fourth-order valence-electron chi connectivity index (χ4n) is 2.96. The average molecular weight is 301 g/mol. The number of hydrogen-bond donors (Lipinski definition) is 1. The topological polar surface area (TPSA) is 46.5 Å². The lowest BCUT2D eigenvalue weighted by Crippen LogP contribution is -2.46. The maximum absolute atomic E-state index is 11.1. The largest absolute Gasteiger partial charge is 0.462 e. The molecule has 3 atom stereocenters. The molecule has 1 saturated carbocycles. The van der Waals surface area contributed by atoms with Gasteiger partial charge in [-0.3, -0.25) is 4.79 Å². The van der Waals surface area contributed by atoms with Crippen molar-refractivity contribution in [2.45, 2.75) is 59.2 Å². The molecule has 0 bridgehead atoms. The van der Waals surface area contributed by atoms with Gasteiger partial charge in [-0.25, -0.2) is 0 Å². The fourth-order valence-corrected chi connectivity index (χ4v) is 3.05. The van der Waals surface area contributed by atoms with Gasteiger partial charge in [0.2, 0.25) is 0 Å². The van der Waals surface area contributed by atoms with Gasteiger partial charge >= 0.3 is 5.97 Å². The Bertz CT molecular complexity index is 411. The molecule has 0 saturated heterocycles. The fraction of sp³-hybridized carbons (Fsp3) is 0.750. The summed E-state index contributed by atoms with van der Waals surface area (Å²) in [6.07, 6.45) is 2.74. The van der Waals surface area contributed by atoms with Crippen LogP contribution in [-0.2, 0) is 9.53 Å². The lowest BCUT2D eigenvalue weighted by Gasteiger charge is -2.44. The van der Waals surface area contributed by atoms with Gasteiger partial charge in [0.15, 0.2) is 0 Å². The van der Waals surface area contributed by atoms with Gasteiger partial charge in [0.25, 0.3) is 0 Å². The molecular weight excluding hydrogens is 276 g/mol. The van der Waals surface area contributed by atoms with E-state index in [1.165, 1.54) is 6.92 Å². The van der Waals surface area contributed by atoms with Gasteiger partial charge in [-0.05, 0) is 30.8 Å². The number of carbonyl (C=O) groups excluding carboxylic acids is 1. The van der Waals surface area contributed by atoms with Crippen LogP contribution >= 0.6 is 11.6 Å². The Morgan fingerprint density at radius 2 is 2.15 bits per heavy atom. The average Bonchev–Trinajstić information content (AvgIpc) is 2.24. The summed E-state index contributed by atoms with van der Waals surface area (Å²) < 4.78 is 5.29. The number of halogens is 1. The lowest BCUT2D eigenvalue weighted by molar-refractivity contribution is -0.152. The molecule has 3 nitrogen and oxygen atoms in total. The van der Waals surface area contributed by atoms with Crippen LogP contribution in [0.5, 0.6) is 0 Å². The Kier molecular flexibility index (Phi) is 5.48. The molecule has 0 aromatic rings. The third-order valence-electron chi connectivity index (χ3n) is 3.67. The van der Waals surface area contributed by atoms with Gasteiger partial charge in [-0.1, -0.05) is 20.8 Å². The van der Waals surface area contributed by atoms with Crippen molar-refractivity contribution in [3.63, 3.8) is 0 Å². The number of ether oxygens (including phenoxy) is 1.